The quantitative estimate of drug-likeness (QED) is 0.347. The SMILES string of the molecule is Cc1cccc(CS(=O)(=O)c2ncc(Cl)c(C(=O)Nc3ccc([N+](=O)[O-])cc3)n2)c1. The fraction of sp³-hybridized carbons (Fsp3) is 0.105. The lowest BCUT2D eigenvalue weighted by atomic mass is 10.2. The van der Waals surface area contributed by atoms with Crippen molar-refractivity contribution in [2.45, 2.75) is 17.8 Å². The van der Waals surface area contributed by atoms with Crippen molar-refractivity contribution >= 4 is 38.7 Å². The number of aryl methyl sites for hydroxylation is 1. The summed E-state index contributed by atoms with van der Waals surface area (Å²) in [4.78, 5) is 30.3. The molecule has 9 nitrogen and oxygen atoms in total. The number of sulfone groups is 1. The minimum absolute atomic E-state index is 0.135. The first-order valence-corrected chi connectivity index (χ1v) is 10.6. The van der Waals surface area contributed by atoms with Crippen molar-refractivity contribution in [3.05, 3.63) is 86.7 Å². The Bertz CT molecular complexity index is 1230. The summed E-state index contributed by atoms with van der Waals surface area (Å²) >= 11 is 5.99. The van der Waals surface area contributed by atoms with Gasteiger partial charge in [-0.05, 0) is 24.6 Å². The molecular formula is C19H15ClN4O5S. The van der Waals surface area contributed by atoms with Crippen molar-refractivity contribution in [3.63, 3.8) is 0 Å². The molecular weight excluding hydrogens is 432 g/mol. The highest BCUT2D eigenvalue weighted by Gasteiger charge is 2.23. The van der Waals surface area contributed by atoms with Gasteiger partial charge < -0.3 is 5.32 Å². The van der Waals surface area contributed by atoms with Crippen LogP contribution in [0.4, 0.5) is 11.4 Å². The van der Waals surface area contributed by atoms with E-state index in [0.29, 0.717) is 5.56 Å². The van der Waals surface area contributed by atoms with Gasteiger partial charge in [0.1, 0.15) is 0 Å². The summed E-state index contributed by atoms with van der Waals surface area (Å²) in [6, 6.07) is 12.1. The summed E-state index contributed by atoms with van der Waals surface area (Å²) in [5.41, 5.74) is 1.25. The molecule has 3 rings (SSSR count). The van der Waals surface area contributed by atoms with Crippen LogP contribution in [0.3, 0.4) is 0 Å². The van der Waals surface area contributed by atoms with Crippen LogP contribution in [-0.2, 0) is 15.6 Å². The van der Waals surface area contributed by atoms with Gasteiger partial charge in [-0.15, -0.1) is 0 Å². The summed E-state index contributed by atoms with van der Waals surface area (Å²) < 4.78 is 25.4. The smallest absolute Gasteiger partial charge is 0.275 e. The third-order valence-electron chi connectivity index (χ3n) is 3.99. The second kappa shape index (κ2) is 8.56. The van der Waals surface area contributed by atoms with Crippen molar-refractivity contribution in [2.75, 3.05) is 5.32 Å². The molecule has 0 spiro atoms. The van der Waals surface area contributed by atoms with Gasteiger partial charge in [0.2, 0.25) is 15.0 Å². The van der Waals surface area contributed by atoms with Crippen LogP contribution in [0, 0.1) is 17.0 Å². The van der Waals surface area contributed by atoms with Crippen molar-refractivity contribution in [1.29, 1.82) is 0 Å². The Balaban J connectivity index is 1.85. The number of non-ortho nitro benzene ring substituents is 1. The second-order valence-corrected chi connectivity index (χ2v) is 8.65. The Hall–Kier alpha value is -3.37. The van der Waals surface area contributed by atoms with Crippen molar-refractivity contribution in [2.24, 2.45) is 0 Å². The van der Waals surface area contributed by atoms with E-state index in [-0.39, 0.29) is 27.8 Å². The van der Waals surface area contributed by atoms with E-state index < -0.39 is 25.8 Å². The molecule has 0 unspecified atom stereocenters. The lowest BCUT2D eigenvalue weighted by molar-refractivity contribution is -0.384. The van der Waals surface area contributed by atoms with Crippen LogP contribution < -0.4 is 5.32 Å². The molecule has 1 heterocycles. The van der Waals surface area contributed by atoms with Crippen LogP contribution in [0.1, 0.15) is 21.6 Å². The Labute approximate surface area is 176 Å². The molecule has 0 aliphatic carbocycles. The number of halogens is 1. The summed E-state index contributed by atoms with van der Waals surface area (Å²) in [6.07, 6.45) is 1.04. The minimum Gasteiger partial charge on any atom is -0.321 e. The van der Waals surface area contributed by atoms with Crippen LogP contribution in [0.25, 0.3) is 0 Å². The number of carbonyl (C=O) groups excluding carboxylic acids is 1. The fourth-order valence-corrected chi connectivity index (χ4v) is 3.97. The number of nitro groups is 1. The van der Waals surface area contributed by atoms with Gasteiger partial charge in [-0.2, -0.15) is 0 Å². The molecule has 0 saturated carbocycles. The summed E-state index contributed by atoms with van der Waals surface area (Å²) in [6.45, 7) is 1.84. The molecule has 1 aromatic heterocycles. The maximum Gasteiger partial charge on any atom is 0.275 e. The molecule has 0 radical (unpaired) electrons. The Morgan fingerprint density at radius 3 is 2.53 bits per heavy atom. The lowest BCUT2D eigenvalue weighted by Crippen LogP contribution is -2.18. The summed E-state index contributed by atoms with van der Waals surface area (Å²) in [5, 5.41) is 12.5. The van der Waals surface area contributed by atoms with Gasteiger partial charge in [0, 0.05) is 17.8 Å². The molecule has 0 saturated heterocycles. The number of nitrogens with one attached hydrogen (secondary N) is 1. The molecule has 30 heavy (non-hydrogen) atoms. The number of aromatic nitrogens is 2. The molecule has 1 amide bonds. The Morgan fingerprint density at radius 1 is 1.20 bits per heavy atom. The fourth-order valence-electron chi connectivity index (χ4n) is 2.60. The number of carbonyl (C=O) groups is 1. The summed E-state index contributed by atoms with van der Waals surface area (Å²) in [7, 11) is -3.93. The average Bonchev–Trinajstić information content (AvgIpc) is 2.68. The lowest BCUT2D eigenvalue weighted by Gasteiger charge is -2.08. The zero-order valence-corrected chi connectivity index (χ0v) is 17.1. The van der Waals surface area contributed by atoms with E-state index in [9.17, 15) is 23.3 Å². The van der Waals surface area contributed by atoms with Gasteiger partial charge in [0.25, 0.3) is 11.6 Å². The first kappa shape index (κ1) is 21.3. The van der Waals surface area contributed by atoms with E-state index in [1.165, 1.54) is 24.3 Å². The highest BCUT2D eigenvalue weighted by atomic mass is 35.5. The molecule has 0 aliphatic rings. The molecule has 11 heteroatoms. The van der Waals surface area contributed by atoms with E-state index in [1.54, 1.807) is 18.2 Å². The van der Waals surface area contributed by atoms with Gasteiger partial charge >= 0.3 is 0 Å². The van der Waals surface area contributed by atoms with Gasteiger partial charge in [-0.1, -0.05) is 41.4 Å². The number of anilines is 1. The number of benzene rings is 2. The standard InChI is InChI=1S/C19H15ClN4O5S/c1-12-3-2-4-13(9-12)11-30(28,29)19-21-10-16(20)17(23-19)18(25)22-14-5-7-15(8-6-14)24(26)27/h2-10H,11H2,1H3,(H,22,25). The van der Waals surface area contributed by atoms with Gasteiger partial charge in [-0.25, -0.2) is 18.4 Å². The van der Waals surface area contributed by atoms with E-state index in [0.717, 1.165) is 11.8 Å². The van der Waals surface area contributed by atoms with Crippen LogP contribution in [0.15, 0.2) is 59.9 Å². The minimum atomic E-state index is -3.93. The average molecular weight is 447 g/mol. The number of hydrogen-bond acceptors (Lipinski definition) is 7. The largest absolute Gasteiger partial charge is 0.321 e. The molecule has 0 bridgehead atoms. The highest BCUT2D eigenvalue weighted by Crippen LogP contribution is 2.20. The Morgan fingerprint density at radius 2 is 1.90 bits per heavy atom. The molecule has 3 aromatic rings. The number of hydrogen-bond donors (Lipinski definition) is 1. The summed E-state index contributed by atoms with van der Waals surface area (Å²) in [5.74, 6) is -1.11. The van der Waals surface area contributed by atoms with Crippen molar-refractivity contribution < 1.29 is 18.1 Å². The van der Waals surface area contributed by atoms with E-state index in [2.05, 4.69) is 15.3 Å². The van der Waals surface area contributed by atoms with Crippen LogP contribution in [0.5, 0.6) is 0 Å². The molecule has 0 atom stereocenters. The maximum absolute atomic E-state index is 12.7. The highest BCUT2D eigenvalue weighted by molar-refractivity contribution is 7.90. The first-order chi connectivity index (χ1) is 14.2. The van der Waals surface area contributed by atoms with E-state index in [1.807, 2.05) is 13.0 Å². The molecule has 1 N–H and O–H groups in total. The molecule has 0 aliphatic heterocycles. The third kappa shape index (κ3) is 4.97. The first-order valence-electron chi connectivity index (χ1n) is 8.52. The van der Waals surface area contributed by atoms with Crippen LogP contribution >= 0.6 is 11.6 Å². The predicted molar refractivity (Wildman–Crippen MR) is 110 cm³/mol. The van der Waals surface area contributed by atoms with Gasteiger partial charge in [-0.3, -0.25) is 14.9 Å². The molecule has 0 fully saturated rings. The Kier molecular flexibility index (Phi) is 6.09. The van der Waals surface area contributed by atoms with Gasteiger partial charge in [0.15, 0.2) is 5.69 Å². The third-order valence-corrected chi connectivity index (χ3v) is 5.73. The van der Waals surface area contributed by atoms with Crippen molar-refractivity contribution in [3.8, 4) is 0 Å². The zero-order valence-electron chi connectivity index (χ0n) is 15.6. The maximum atomic E-state index is 12.7. The molecule has 2 aromatic carbocycles. The van der Waals surface area contributed by atoms with Crippen LogP contribution in [0.2, 0.25) is 5.02 Å². The number of nitrogens with zero attached hydrogens (tertiary/aromatic N) is 3. The van der Waals surface area contributed by atoms with E-state index >= 15 is 0 Å². The van der Waals surface area contributed by atoms with Crippen molar-refractivity contribution in [1.82, 2.24) is 9.97 Å². The number of rotatable bonds is 6. The number of nitro benzene ring substituents is 1. The van der Waals surface area contributed by atoms with Gasteiger partial charge in [0.05, 0.1) is 21.9 Å². The monoisotopic (exact) mass is 446 g/mol. The van der Waals surface area contributed by atoms with Crippen LogP contribution in [-0.4, -0.2) is 29.2 Å². The zero-order chi connectivity index (χ0) is 21.9. The number of amides is 1. The molecule has 154 valence electrons. The van der Waals surface area contributed by atoms with E-state index in [4.69, 9.17) is 11.6 Å². The normalized spacial score (nSPS) is 11.1. The predicted octanol–water partition coefficient (Wildman–Crippen LogP) is 3.57. The topological polar surface area (TPSA) is 132 Å². The second-order valence-electron chi connectivity index (χ2n) is 6.36.